The Labute approximate surface area is 161 Å². The van der Waals surface area contributed by atoms with E-state index in [4.69, 9.17) is 4.74 Å². The molecule has 2 unspecified atom stereocenters. The zero-order valence-electron chi connectivity index (χ0n) is 16.1. The molecule has 3 rings (SSSR count). The summed E-state index contributed by atoms with van der Waals surface area (Å²) in [4.78, 5) is 16.9. The first-order valence-electron chi connectivity index (χ1n) is 9.52. The van der Waals surface area contributed by atoms with E-state index in [-0.39, 0.29) is 36.0 Å². The van der Waals surface area contributed by atoms with Crippen molar-refractivity contribution in [1.82, 2.24) is 15.1 Å². The van der Waals surface area contributed by atoms with Crippen LogP contribution in [0.4, 0.5) is 0 Å². The third-order valence-electron chi connectivity index (χ3n) is 5.50. The predicted molar refractivity (Wildman–Crippen MR) is 105 cm³/mol. The molecule has 1 amide bonds. The Balaban J connectivity index is 1.74. The molecule has 0 aromatic heterocycles. The number of likely N-dealkylation sites (N-methyl/N-ethyl adjacent to an activating group) is 1. The zero-order valence-corrected chi connectivity index (χ0v) is 16.9. The van der Waals surface area contributed by atoms with Gasteiger partial charge in [0.05, 0.1) is 31.2 Å². The van der Waals surface area contributed by atoms with E-state index in [9.17, 15) is 13.2 Å². The zero-order chi connectivity index (χ0) is 19.4. The fraction of sp³-hybridized carbons (Fsp3) is 0.632. The molecular formula is C19H29N3O4S. The van der Waals surface area contributed by atoms with Crippen LogP contribution in [0.3, 0.4) is 0 Å². The lowest BCUT2D eigenvalue weighted by Gasteiger charge is -2.38. The van der Waals surface area contributed by atoms with Crippen molar-refractivity contribution < 1.29 is 17.9 Å². The van der Waals surface area contributed by atoms with Crippen molar-refractivity contribution in [1.29, 1.82) is 0 Å². The van der Waals surface area contributed by atoms with Gasteiger partial charge in [-0.15, -0.1) is 0 Å². The second-order valence-electron chi connectivity index (χ2n) is 7.17. The molecule has 2 heterocycles. The van der Waals surface area contributed by atoms with Crippen molar-refractivity contribution >= 4 is 15.7 Å². The number of hydrogen-bond acceptors (Lipinski definition) is 6. The van der Waals surface area contributed by atoms with Crippen molar-refractivity contribution in [3.8, 4) is 5.75 Å². The summed E-state index contributed by atoms with van der Waals surface area (Å²) < 4.78 is 29.1. The summed E-state index contributed by atoms with van der Waals surface area (Å²) in [6, 6.07) is 7.74. The molecule has 0 bridgehead atoms. The lowest BCUT2D eigenvalue weighted by molar-refractivity contribution is -0.135. The summed E-state index contributed by atoms with van der Waals surface area (Å²) in [7, 11) is -1.36. The molecule has 2 atom stereocenters. The van der Waals surface area contributed by atoms with Crippen molar-refractivity contribution in [3.63, 3.8) is 0 Å². The molecule has 8 heteroatoms. The van der Waals surface area contributed by atoms with Gasteiger partial charge in [0.1, 0.15) is 5.75 Å². The number of carbonyl (C=O) groups excluding carboxylic acids is 1. The smallest absolute Gasteiger partial charge is 0.237 e. The van der Waals surface area contributed by atoms with E-state index in [0.717, 1.165) is 30.9 Å². The Hall–Kier alpha value is -1.64. The second-order valence-corrected chi connectivity index (χ2v) is 9.40. The molecule has 1 aromatic carbocycles. The van der Waals surface area contributed by atoms with Crippen LogP contribution in [-0.2, 0) is 14.6 Å². The number of carbonyl (C=O) groups is 1. The Morgan fingerprint density at radius 3 is 2.81 bits per heavy atom. The average molecular weight is 396 g/mol. The molecule has 0 aliphatic carbocycles. The Kier molecular flexibility index (Phi) is 6.39. The van der Waals surface area contributed by atoms with Crippen LogP contribution < -0.4 is 10.1 Å². The number of nitrogens with zero attached hydrogens (tertiary/aromatic N) is 2. The van der Waals surface area contributed by atoms with E-state index >= 15 is 0 Å². The molecule has 2 aliphatic heterocycles. The van der Waals surface area contributed by atoms with E-state index in [0.29, 0.717) is 13.0 Å². The maximum absolute atomic E-state index is 13.0. The quantitative estimate of drug-likeness (QED) is 0.763. The topological polar surface area (TPSA) is 79.0 Å². The Morgan fingerprint density at radius 2 is 2.15 bits per heavy atom. The number of ether oxygens (including phenoxy) is 1. The Bertz CT molecular complexity index is 768. The molecule has 150 valence electrons. The average Bonchev–Trinajstić information content (AvgIpc) is 3.02. The van der Waals surface area contributed by atoms with Gasteiger partial charge < -0.3 is 15.0 Å². The van der Waals surface area contributed by atoms with Crippen LogP contribution in [0, 0.1) is 0 Å². The van der Waals surface area contributed by atoms with Crippen molar-refractivity contribution in [3.05, 3.63) is 29.8 Å². The van der Waals surface area contributed by atoms with Crippen LogP contribution in [0.1, 0.15) is 24.9 Å². The molecule has 27 heavy (non-hydrogen) atoms. The number of methoxy groups -OCH3 is 1. The molecule has 0 radical (unpaired) electrons. The number of piperazine rings is 1. The Morgan fingerprint density at radius 1 is 1.37 bits per heavy atom. The number of hydrogen-bond donors (Lipinski definition) is 1. The highest BCUT2D eigenvalue weighted by atomic mass is 32.2. The predicted octanol–water partition coefficient (Wildman–Crippen LogP) is 0.677. The van der Waals surface area contributed by atoms with Gasteiger partial charge in [-0.2, -0.15) is 0 Å². The molecule has 1 aromatic rings. The highest BCUT2D eigenvalue weighted by molar-refractivity contribution is 7.91. The van der Waals surface area contributed by atoms with Crippen LogP contribution in [-0.4, -0.2) is 81.5 Å². The molecular weight excluding hydrogens is 366 g/mol. The van der Waals surface area contributed by atoms with E-state index in [2.05, 4.69) is 10.2 Å². The van der Waals surface area contributed by atoms with Crippen LogP contribution in [0.15, 0.2) is 24.3 Å². The SMILES string of the molecule is CCN(C(=O)CN1CCNCC1c1ccccc1OC)C1CCS(=O)(=O)C1. The number of rotatable bonds is 6. The first-order valence-corrected chi connectivity index (χ1v) is 11.3. The van der Waals surface area contributed by atoms with Crippen LogP contribution in [0.5, 0.6) is 5.75 Å². The lowest BCUT2D eigenvalue weighted by atomic mass is 10.0. The van der Waals surface area contributed by atoms with Gasteiger partial charge in [-0.1, -0.05) is 18.2 Å². The number of nitrogens with one attached hydrogen (secondary N) is 1. The maximum atomic E-state index is 13.0. The van der Waals surface area contributed by atoms with Gasteiger partial charge in [0.2, 0.25) is 5.91 Å². The number of benzene rings is 1. The molecule has 0 saturated carbocycles. The lowest BCUT2D eigenvalue weighted by Crippen LogP contribution is -2.52. The summed E-state index contributed by atoms with van der Waals surface area (Å²) in [5.74, 6) is 1.09. The minimum atomic E-state index is -3.01. The van der Waals surface area contributed by atoms with Crippen LogP contribution >= 0.6 is 0 Å². The highest BCUT2D eigenvalue weighted by Crippen LogP contribution is 2.30. The highest BCUT2D eigenvalue weighted by Gasteiger charge is 2.35. The summed E-state index contributed by atoms with van der Waals surface area (Å²) in [5.41, 5.74) is 1.06. The van der Waals surface area contributed by atoms with E-state index < -0.39 is 9.84 Å². The second kappa shape index (κ2) is 8.58. The number of para-hydroxylation sites is 1. The summed E-state index contributed by atoms with van der Waals surface area (Å²) in [6.07, 6.45) is 0.541. The molecule has 0 spiro atoms. The third kappa shape index (κ3) is 4.62. The van der Waals surface area contributed by atoms with Gasteiger partial charge in [-0.05, 0) is 19.4 Å². The molecule has 2 fully saturated rings. The minimum absolute atomic E-state index is 0.00129. The van der Waals surface area contributed by atoms with Crippen molar-refractivity contribution in [2.24, 2.45) is 0 Å². The van der Waals surface area contributed by atoms with E-state index in [1.165, 1.54) is 0 Å². The fourth-order valence-electron chi connectivity index (χ4n) is 4.11. The molecule has 7 nitrogen and oxygen atoms in total. The largest absolute Gasteiger partial charge is 0.496 e. The van der Waals surface area contributed by atoms with Gasteiger partial charge in [0.15, 0.2) is 9.84 Å². The fourth-order valence-corrected chi connectivity index (χ4v) is 5.84. The summed E-state index contributed by atoms with van der Waals surface area (Å²) in [6.45, 7) is 5.06. The number of amides is 1. The van der Waals surface area contributed by atoms with Crippen molar-refractivity contribution in [2.45, 2.75) is 25.4 Å². The third-order valence-corrected chi connectivity index (χ3v) is 7.25. The minimum Gasteiger partial charge on any atom is -0.496 e. The van der Waals surface area contributed by atoms with E-state index in [1.807, 2.05) is 31.2 Å². The monoisotopic (exact) mass is 395 g/mol. The summed E-state index contributed by atoms with van der Waals surface area (Å²) in [5, 5.41) is 3.40. The van der Waals surface area contributed by atoms with Crippen LogP contribution in [0.2, 0.25) is 0 Å². The molecule has 2 saturated heterocycles. The van der Waals surface area contributed by atoms with Crippen molar-refractivity contribution in [2.75, 3.05) is 51.3 Å². The normalized spacial score (nSPS) is 25.3. The van der Waals surface area contributed by atoms with Crippen LogP contribution in [0.25, 0.3) is 0 Å². The first kappa shape index (κ1) is 20.1. The molecule has 2 aliphatic rings. The number of sulfone groups is 1. The standard InChI is InChI=1S/C19H29N3O4S/c1-3-22(15-8-11-27(24,25)14-15)19(23)13-21-10-9-20-12-17(21)16-6-4-5-7-18(16)26-2/h4-7,15,17,20H,3,8-14H2,1-2H3. The van der Waals surface area contributed by atoms with Gasteiger partial charge in [0, 0.05) is 37.8 Å². The van der Waals surface area contributed by atoms with Gasteiger partial charge >= 0.3 is 0 Å². The molecule has 1 N–H and O–H groups in total. The van der Waals surface area contributed by atoms with Gasteiger partial charge in [0.25, 0.3) is 0 Å². The van der Waals surface area contributed by atoms with Gasteiger partial charge in [-0.25, -0.2) is 8.42 Å². The van der Waals surface area contributed by atoms with E-state index in [1.54, 1.807) is 12.0 Å². The summed E-state index contributed by atoms with van der Waals surface area (Å²) >= 11 is 0. The first-order chi connectivity index (χ1) is 12.9. The van der Waals surface area contributed by atoms with Gasteiger partial charge in [-0.3, -0.25) is 9.69 Å². The maximum Gasteiger partial charge on any atom is 0.237 e.